The maximum atomic E-state index is 13.0. The van der Waals surface area contributed by atoms with Crippen LogP contribution in [0.5, 0.6) is 5.75 Å². The highest BCUT2D eigenvalue weighted by atomic mass is 16.5. The number of rotatable bonds is 6. The summed E-state index contributed by atoms with van der Waals surface area (Å²) < 4.78 is 6.04. The molecule has 6 heteroatoms. The molecular weight excluding hydrogens is 474 g/mol. The van der Waals surface area contributed by atoms with E-state index in [0.29, 0.717) is 24.5 Å². The van der Waals surface area contributed by atoms with Gasteiger partial charge < -0.3 is 19.9 Å². The Kier molecular flexibility index (Phi) is 7.81. The van der Waals surface area contributed by atoms with E-state index in [4.69, 9.17) is 4.74 Å². The summed E-state index contributed by atoms with van der Waals surface area (Å²) in [5, 5.41) is 2.98. The van der Waals surface area contributed by atoms with Crippen molar-refractivity contribution in [1.29, 1.82) is 0 Å². The van der Waals surface area contributed by atoms with Crippen LogP contribution in [0.15, 0.2) is 72.8 Å². The van der Waals surface area contributed by atoms with Gasteiger partial charge in [-0.1, -0.05) is 51.1 Å². The van der Waals surface area contributed by atoms with Crippen LogP contribution in [0, 0.1) is 6.92 Å². The van der Waals surface area contributed by atoms with Gasteiger partial charge in [-0.3, -0.25) is 9.59 Å². The summed E-state index contributed by atoms with van der Waals surface area (Å²) in [6.07, 6.45) is 0. The highest BCUT2D eigenvalue weighted by Crippen LogP contribution is 2.27. The smallest absolute Gasteiger partial charge is 0.267 e. The lowest BCUT2D eigenvalue weighted by molar-refractivity contribution is -0.128. The quantitative estimate of drug-likeness (QED) is 0.436. The number of aryl methyl sites for hydroxylation is 1. The average molecular weight is 514 g/mol. The largest absolute Gasteiger partial charge is 0.478 e. The zero-order chi connectivity index (χ0) is 27.5. The number of nitrogens with zero attached hydrogens (tertiary/aromatic N) is 2. The third-order valence-electron chi connectivity index (χ3n) is 7.07. The molecule has 0 aromatic heterocycles. The molecule has 3 aromatic rings. The van der Waals surface area contributed by atoms with Gasteiger partial charge >= 0.3 is 0 Å². The fourth-order valence-electron chi connectivity index (χ4n) is 4.55. The Morgan fingerprint density at radius 3 is 1.97 bits per heavy atom. The maximum Gasteiger partial charge on any atom is 0.267 e. The molecule has 6 nitrogen and oxygen atoms in total. The minimum absolute atomic E-state index is 0.0594. The van der Waals surface area contributed by atoms with E-state index in [-0.39, 0.29) is 17.2 Å². The summed E-state index contributed by atoms with van der Waals surface area (Å²) in [6.45, 7) is 14.9. The molecule has 1 aliphatic rings. The summed E-state index contributed by atoms with van der Waals surface area (Å²) in [5.74, 6) is 0.540. The second kappa shape index (κ2) is 10.9. The molecule has 1 saturated heterocycles. The van der Waals surface area contributed by atoms with Crippen LogP contribution in [-0.2, 0) is 10.2 Å². The summed E-state index contributed by atoms with van der Waals surface area (Å²) in [7, 11) is 0. The van der Waals surface area contributed by atoms with E-state index in [1.807, 2.05) is 84.6 Å². The van der Waals surface area contributed by atoms with Gasteiger partial charge in [0.05, 0.1) is 0 Å². The summed E-state index contributed by atoms with van der Waals surface area (Å²) in [6, 6.07) is 23.5. The van der Waals surface area contributed by atoms with Crippen LogP contribution in [-0.4, -0.2) is 48.5 Å². The number of carbonyl (C=O) groups is 2. The molecule has 4 rings (SSSR count). The first-order valence-electron chi connectivity index (χ1n) is 13.2. The number of carbonyl (C=O) groups excluding carboxylic acids is 2. The zero-order valence-corrected chi connectivity index (χ0v) is 23.4. The SMILES string of the molecule is Cc1ccccc1C(=O)N1CCN(c2ccc(NC(=O)C(C)(C)Oc3ccc(C(C)(C)C)cc3)cc2)CC1. The van der Waals surface area contributed by atoms with Gasteiger partial charge in [0, 0.05) is 43.1 Å². The number of nitrogens with one attached hydrogen (secondary N) is 1. The van der Waals surface area contributed by atoms with Crippen molar-refractivity contribution in [3.63, 3.8) is 0 Å². The lowest BCUT2D eigenvalue weighted by atomic mass is 9.87. The number of amides is 2. The monoisotopic (exact) mass is 513 g/mol. The van der Waals surface area contributed by atoms with Crippen LogP contribution in [0.2, 0.25) is 0 Å². The number of piperazine rings is 1. The first-order chi connectivity index (χ1) is 17.9. The summed E-state index contributed by atoms with van der Waals surface area (Å²) >= 11 is 0. The highest BCUT2D eigenvalue weighted by molar-refractivity contribution is 5.97. The molecule has 1 fully saturated rings. The molecule has 1 aliphatic heterocycles. The minimum atomic E-state index is -1.04. The van der Waals surface area contributed by atoms with Crippen molar-refractivity contribution in [2.24, 2.45) is 0 Å². The van der Waals surface area contributed by atoms with Gasteiger partial charge in [-0.15, -0.1) is 0 Å². The van der Waals surface area contributed by atoms with Crippen molar-refractivity contribution in [3.05, 3.63) is 89.5 Å². The minimum Gasteiger partial charge on any atom is -0.478 e. The number of ether oxygens (including phenoxy) is 1. The fourth-order valence-corrected chi connectivity index (χ4v) is 4.55. The van der Waals surface area contributed by atoms with Crippen molar-refractivity contribution in [3.8, 4) is 5.75 Å². The number of hydrogen-bond acceptors (Lipinski definition) is 4. The van der Waals surface area contributed by atoms with E-state index in [1.54, 1.807) is 13.8 Å². The van der Waals surface area contributed by atoms with Crippen LogP contribution < -0.4 is 15.0 Å². The van der Waals surface area contributed by atoms with Crippen LogP contribution in [0.25, 0.3) is 0 Å². The maximum absolute atomic E-state index is 13.0. The first-order valence-corrected chi connectivity index (χ1v) is 13.2. The van der Waals surface area contributed by atoms with E-state index in [1.165, 1.54) is 5.56 Å². The van der Waals surface area contributed by atoms with E-state index >= 15 is 0 Å². The predicted molar refractivity (Wildman–Crippen MR) is 154 cm³/mol. The Labute approximate surface area is 226 Å². The van der Waals surface area contributed by atoms with Gasteiger partial charge in [0.2, 0.25) is 0 Å². The van der Waals surface area contributed by atoms with Gasteiger partial charge in [-0.2, -0.15) is 0 Å². The molecule has 0 saturated carbocycles. The van der Waals surface area contributed by atoms with Crippen LogP contribution in [0.3, 0.4) is 0 Å². The molecule has 0 aliphatic carbocycles. The molecule has 0 spiro atoms. The molecule has 0 radical (unpaired) electrons. The molecule has 2 amide bonds. The lowest BCUT2D eigenvalue weighted by Crippen LogP contribution is -2.49. The number of benzene rings is 3. The highest BCUT2D eigenvalue weighted by Gasteiger charge is 2.30. The second-order valence-corrected chi connectivity index (χ2v) is 11.5. The molecule has 0 atom stereocenters. The number of anilines is 2. The van der Waals surface area contributed by atoms with Gasteiger partial charge in [-0.05, 0) is 79.8 Å². The predicted octanol–water partition coefficient (Wildman–Crippen LogP) is 6.05. The van der Waals surface area contributed by atoms with Crippen molar-refractivity contribution < 1.29 is 14.3 Å². The molecule has 3 aromatic carbocycles. The van der Waals surface area contributed by atoms with Crippen LogP contribution >= 0.6 is 0 Å². The van der Waals surface area contributed by atoms with Crippen molar-refractivity contribution in [1.82, 2.24) is 4.90 Å². The van der Waals surface area contributed by atoms with Crippen LogP contribution in [0.4, 0.5) is 11.4 Å². The third-order valence-corrected chi connectivity index (χ3v) is 7.07. The van der Waals surface area contributed by atoms with Gasteiger partial charge in [0.25, 0.3) is 11.8 Å². The van der Waals surface area contributed by atoms with Crippen molar-refractivity contribution in [2.75, 3.05) is 36.4 Å². The van der Waals surface area contributed by atoms with Gasteiger partial charge in [-0.25, -0.2) is 0 Å². The van der Waals surface area contributed by atoms with Gasteiger partial charge in [0.1, 0.15) is 5.75 Å². The topological polar surface area (TPSA) is 61.9 Å². The lowest BCUT2D eigenvalue weighted by Gasteiger charge is -2.36. The Morgan fingerprint density at radius 2 is 1.39 bits per heavy atom. The number of hydrogen-bond donors (Lipinski definition) is 1. The molecule has 38 heavy (non-hydrogen) atoms. The molecule has 1 heterocycles. The Balaban J connectivity index is 1.31. The first kappa shape index (κ1) is 27.2. The standard InChI is InChI=1S/C32H39N3O3/c1-23-9-7-8-10-28(23)29(36)35-21-19-34(20-22-35)26-15-13-25(14-16-26)33-30(37)32(5,6)38-27-17-11-24(12-18-27)31(2,3)4/h7-18H,19-22H2,1-6H3,(H,33,37). The van der Waals surface area contributed by atoms with Crippen molar-refractivity contribution >= 4 is 23.2 Å². The van der Waals surface area contributed by atoms with E-state index in [0.717, 1.165) is 29.9 Å². The Morgan fingerprint density at radius 1 is 0.789 bits per heavy atom. The van der Waals surface area contributed by atoms with Crippen LogP contribution in [0.1, 0.15) is 56.1 Å². The Bertz CT molecular complexity index is 1270. The normalized spacial score (nSPS) is 14.3. The molecule has 200 valence electrons. The molecule has 0 bridgehead atoms. The van der Waals surface area contributed by atoms with E-state index < -0.39 is 5.60 Å². The van der Waals surface area contributed by atoms with E-state index in [2.05, 4.69) is 31.0 Å². The Hall–Kier alpha value is -3.80. The van der Waals surface area contributed by atoms with Crippen molar-refractivity contribution in [2.45, 2.75) is 52.6 Å². The third kappa shape index (κ3) is 6.36. The van der Waals surface area contributed by atoms with Gasteiger partial charge in [0.15, 0.2) is 5.60 Å². The average Bonchev–Trinajstić information content (AvgIpc) is 2.89. The summed E-state index contributed by atoms with van der Waals surface area (Å²) in [4.78, 5) is 30.1. The molecule has 0 unspecified atom stereocenters. The molecule has 1 N–H and O–H groups in total. The fraction of sp³-hybridized carbons (Fsp3) is 0.375. The second-order valence-electron chi connectivity index (χ2n) is 11.5. The molecular formula is C32H39N3O3. The zero-order valence-electron chi connectivity index (χ0n) is 23.4. The van der Waals surface area contributed by atoms with E-state index in [9.17, 15) is 9.59 Å². The summed E-state index contributed by atoms with van der Waals surface area (Å²) in [5.41, 5.74) is 3.80.